The van der Waals surface area contributed by atoms with E-state index in [1.165, 1.54) is 0 Å². The molecule has 1 heterocycles. The molecule has 0 aliphatic heterocycles. The Morgan fingerprint density at radius 2 is 1.90 bits per heavy atom. The average Bonchev–Trinajstić information content (AvgIpc) is 3.48. The first-order valence-electron chi connectivity index (χ1n) is 10.8. The Labute approximate surface area is 178 Å². The second-order valence-corrected chi connectivity index (χ2v) is 9.65. The number of benzene rings is 1. The lowest BCUT2D eigenvalue weighted by Crippen LogP contribution is -2.39. The van der Waals surface area contributed by atoms with E-state index in [-0.39, 0.29) is 23.1 Å². The highest BCUT2D eigenvalue weighted by Crippen LogP contribution is 2.40. The first-order valence-corrected chi connectivity index (χ1v) is 10.8. The van der Waals surface area contributed by atoms with Crippen LogP contribution in [-0.2, 0) is 13.0 Å². The van der Waals surface area contributed by atoms with Gasteiger partial charge in [0.15, 0.2) is 11.5 Å². The van der Waals surface area contributed by atoms with Crippen molar-refractivity contribution in [1.29, 1.82) is 0 Å². The molecule has 4 rings (SSSR count). The monoisotopic (exact) mass is 409 g/mol. The van der Waals surface area contributed by atoms with Crippen molar-refractivity contribution in [2.75, 3.05) is 7.11 Å². The topological polar surface area (TPSA) is 59.8 Å². The van der Waals surface area contributed by atoms with Crippen LogP contribution in [0.4, 0.5) is 0 Å². The second-order valence-electron chi connectivity index (χ2n) is 9.65. The van der Waals surface area contributed by atoms with Crippen LogP contribution in [0.1, 0.15) is 77.8 Å². The van der Waals surface area contributed by atoms with E-state index in [4.69, 9.17) is 9.15 Å². The summed E-state index contributed by atoms with van der Waals surface area (Å²) in [6.07, 6.45) is 3.46. The zero-order chi connectivity index (χ0) is 21.6. The van der Waals surface area contributed by atoms with Crippen molar-refractivity contribution in [3.63, 3.8) is 0 Å². The number of amides is 1. The van der Waals surface area contributed by atoms with Crippen LogP contribution in [0.2, 0.25) is 0 Å². The Bertz CT molecular complexity index is 966. The highest BCUT2D eigenvalue weighted by atomic mass is 16.5. The fourth-order valence-corrected chi connectivity index (χ4v) is 4.58. The van der Waals surface area contributed by atoms with Crippen molar-refractivity contribution >= 4 is 11.7 Å². The van der Waals surface area contributed by atoms with Gasteiger partial charge >= 0.3 is 0 Å². The smallest absolute Gasteiger partial charge is 0.290 e. The van der Waals surface area contributed by atoms with E-state index in [0.29, 0.717) is 48.0 Å². The number of methoxy groups -OCH3 is 1. The van der Waals surface area contributed by atoms with Gasteiger partial charge in [-0.1, -0.05) is 26.0 Å². The third-order valence-electron chi connectivity index (χ3n) is 6.54. The summed E-state index contributed by atoms with van der Waals surface area (Å²) >= 11 is 0. The van der Waals surface area contributed by atoms with E-state index < -0.39 is 0 Å². The minimum Gasteiger partial charge on any atom is -0.497 e. The zero-order valence-corrected chi connectivity index (χ0v) is 18.6. The molecule has 0 N–H and O–H groups in total. The predicted molar refractivity (Wildman–Crippen MR) is 115 cm³/mol. The summed E-state index contributed by atoms with van der Waals surface area (Å²) in [4.78, 5) is 28.3. The van der Waals surface area contributed by atoms with Crippen LogP contribution in [-0.4, -0.2) is 29.7 Å². The van der Waals surface area contributed by atoms with E-state index in [9.17, 15) is 9.59 Å². The van der Waals surface area contributed by atoms with Crippen LogP contribution in [0.3, 0.4) is 0 Å². The summed E-state index contributed by atoms with van der Waals surface area (Å²) in [5.74, 6) is 2.27. The first-order chi connectivity index (χ1) is 14.2. The molecule has 1 amide bonds. The molecule has 2 aliphatic carbocycles. The Balaban J connectivity index is 1.66. The molecule has 1 aromatic carbocycles. The number of ether oxygens (including phenoxy) is 1. The third kappa shape index (κ3) is 3.90. The molecule has 1 unspecified atom stereocenters. The summed E-state index contributed by atoms with van der Waals surface area (Å²) in [5.41, 5.74) is 2.22. The number of hydrogen-bond acceptors (Lipinski definition) is 4. The SMILES string of the molecule is COc1ccc(CN(C(=O)c2oc3c(c2C)C(=O)CC(C)(C)C3)C(C)C2CC2)cc1. The van der Waals surface area contributed by atoms with Gasteiger partial charge in [0.1, 0.15) is 11.5 Å². The second kappa shape index (κ2) is 7.60. The number of rotatable bonds is 6. The maximum Gasteiger partial charge on any atom is 0.290 e. The minimum absolute atomic E-state index is 0.0819. The Kier molecular flexibility index (Phi) is 5.25. The molecule has 5 heteroatoms. The fraction of sp³-hybridized carbons (Fsp3) is 0.520. The van der Waals surface area contributed by atoms with Gasteiger partial charge < -0.3 is 14.1 Å². The Hall–Kier alpha value is -2.56. The van der Waals surface area contributed by atoms with Crippen LogP contribution in [0, 0.1) is 18.3 Å². The molecule has 2 aromatic rings. The number of ketones is 1. The highest BCUT2D eigenvalue weighted by molar-refractivity contribution is 6.03. The molecule has 0 radical (unpaired) electrons. The summed E-state index contributed by atoms with van der Waals surface area (Å²) in [6, 6.07) is 7.93. The number of carbonyl (C=O) groups excluding carboxylic acids is 2. The summed E-state index contributed by atoms with van der Waals surface area (Å²) < 4.78 is 11.3. The summed E-state index contributed by atoms with van der Waals surface area (Å²) in [7, 11) is 1.64. The molecule has 1 saturated carbocycles. The molecule has 30 heavy (non-hydrogen) atoms. The summed E-state index contributed by atoms with van der Waals surface area (Å²) in [6.45, 7) is 8.60. The number of Topliss-reactive ketones (excluding diaryl/α,β-unsaturated/α-hetero) is 1. The molecule has 0 bridgehead atoms. The van der Waals surface area contributed by atoms with Crippen LogP contribution < -0.4 is 4.74 Å². The maximum atomic E-state index is 13.6. The lowest BCUT2D eigenvalue weighted by molar-refractivity contribution is 0.0616. The minimum atomic E-state index is -0.140. The third-order valence-corrected chi connectivity index (χ3v) is 6.54. The lowest BCUT2D eigenvalue weighted by atomic mass is 9.76. The van der Waals surface area contributed by atoms with E-state index in [0.717, 1.165) is 24.2 Å². The quantitative estimate of drug-likeness (QED) is 0.658. The van der Waals surface area contributed by atoms with Gasteiger partial charge in [-0.15, -0.1) is 0 Å². The Morgan fingerprint density at radius 1 is 1.23 bits per heavy atom. The molecular formula is C25H31NO4. The summed E-state index contributed by atoms with van der Waals surface area (Å²) in [5, 5.41) is 0. The largest absolute Gasteiger partial charge is 0.497 e. The molecular weight excluding hydrogens is 378 g/mol. The first kappa shape index (κ1) is 20.7. The van der Waals surface area contributed by atoms with Gasteiger partial charge in [-0.25, -0.2) is 0 Å². The average molecular weight is 410 g/mol. The van der Waals surface area contributed by atoms with Crippen LogP contribution >= 0.6 is 0 Å². The molecule has 0 saturated heterocycles. The highest BCUT2D eigenvalue weighted by Gasteiger charge is 2.40. The van der Waals surface area contributed by atoms with Gasteiger partial charge in [0.05, 0.1) is 12.7 Å². The van der Waals surface area contributed by atoms with Crippen LogP contribution in [0.5, 0.6) is 5.75 Å². The predicted octanol–water partition coefficient (Wildman–Crippen LogP) is 5.19. The number of hydrogen-bond donors (Lipinski definition) is 0. The molecule has 1 fully saturated rings. The normalized spacial score (nSPS) is 18.6. The van der Waals surface area contributed by atoms with Crippen molar-refractivity contribution in [3.8, 4) is 5.75 Å². The lowest BCUT2D eigenvalue weighted by Gasteiger charge is -2.29. The molecule has 0 spiro atoms. The van der Waals surface area contributed by atoms with Gasteiger partial charge in [-0.05, 0) is 55.7 Å². The maximum absolute atomic E-state index is 13.6. The molecule has 1 aromatic heterocycles. The van der Waals surface area contributed by atoms with E-state index in [1.54, 1.807) is 7.11 Å². The van der Waals surface area contributed by atoms with Crippen molar-refractivity contribution < 1.29 is 18.7 Å². The molecule has 160 valence electrons. The van der Waals surface area contributed by atoms with E-state index >= 15 is 0 Å². The number of carbonyl (C=O) groups is 2. The van der Waals surface area contributed by atoms with Crippen molar-refractivity contribution in [3.05, 3.63) is 52.5 Å². The zero-order valence-electron chi connectivity index (χ0n) is 18.6. The number of fused-ring (bicyclic) bond motifs is 1. The van der Waals surface area contributed by atoms with Gasteiger partial charge in [0.2, 0.25) is 0 Å². The Morgan fingerprint density at radius 3 is 2.50 bits per heavy atom. The van der Waals surface area contributed by atoms with Gasteiger partial charge in [-0.2, -0.15) is 0 Å². The van der Waals surface area contributed by atoms with Crippen LogP contribution in [0.15, 0.2) is 28.7 Å². The molecule has 1 atom stereocenters. The van der Waals surface area contributed by atoms with Gasteiger partial charge in [0, 0.05) is 31.0 Å². The molecule has 2 aliphatic rings. The van der Waals surface area contributed by atoms with Crippen molar-refractivity contribution in [2.45, 2.75) is 66.0 Å². The fourth-order valence-electron chi connectivity index (χ4n) is 4.58. The standard InChI is InChI=1S/C25H31NO4/c1-15-22-20(27)12-25(3,4)13-21(22)30-23(15)24(28)26(16(2)18-8-9-18)14-17-6-10-19(29-5)11-7-17/h6-7,10-11,16,18H,8-9,12-14H2,1-5H3. The number of furan rings is 1. The van der Waals surface area contributed by atoms with Crippen molar-refractivity contribution in [2.24, 2.45) is 11.3 Å². The number of nitrogens with zero attached hydrogens (tertiary/aromatic N) is 1. The van der Waals surface area contributed by atoms with Gasteiger partial charge in [0.25, 0.3) is 5.91 Å². The van der Waals surface area contributed by atoms with Crippen LogP contribution in [0.25, 0.3) is 0 Å². The van der Waals surface area contributed by atoms with Crippen molar-refractivity contribution in [1.82, 2.24) is 4.90 Å². The van der Waals surface area contributed by atoms with E-state index in [1.807, 2.05) is 36.1 Å². The molecule has 5 nitrogen and oxygen atoms in total. The van der Waals surface area contributed by atoms with Gasteiger partial charge in [-0.3, -0.25) is 9.59 Å². The van der Waals surface area contributed by atoms with E-state index in [2.05, 4.69) is 20.8 Å².